The molecule has 96 valence electrons. The third-order valence-corrected chi connectivity index (χ3v) is 2.12. The Morgan fingerprint density at radius 1 is 1.33 bits per heavy atom. The van der Waals surface area contributed by atoms with Crippen LogP contribution in [0.5, 0.6) is 0 Å². The van der Waals surface area contributed by atoms with Crippen molar-refractivity contribution >= 4 is 5.97 Å². The molecule has 0 aliphatic rings. The van der Waals surface area contributed by atoms with E-state index in [1.807, 2.05) is 0 Å². The molecule has 0 amide bonds. The summed E-state index contributed by atoms with van der Waals surface area (Å²) < 4.78 is 37.2. The molecule has 1 aromatic rings. The third-order valence-electron chi connectivity index (χ3n) is 2.12. The highest BCUT2D eigenvalue weighted by molar-refractivity contribution is 5.66. The zero-order valence-electron chi connectivity index (χ0n) is 9.42. The SMILES string of the molecule is O=C(O)CCCC#Cc1cccc(C(F)(F)F)c1. The molecule has 0 saturated heterocycles. The van der Waals surface area contributed by atoms with Crippen LogP contribution in [0.15, 0.2) is 24.3 Å². The fraction of sp³-hybridized carbons (Fsp3) is 0.308. The van der Waals surface area contributed by atoms with Gasteiger partial charge < -0.3 is 5.11 Å². The summed E-state index contributed by atoms with van der Waals surface area (Å²) in [5.74, 6) is 4.34. The Labute approximate surface area is 102 Å². The van der Waals surface area contributed by atoms with E-state index < -0.39 is 17.7 Å². The maximum absolute atomic E-state index is 12.4. The van der Waals surface area contributed by atoms with Crippen molar-refractivity contribution in [3.8, 4) is 11.8 Å². The molecule has 0 aliphatic heterocycles. The van der Waals surface area contributed by atoms with Crippen LogP contribution in [0.25, 0.3) is 0 Å². The van der Waals surface area contributed by atoms with E-state index in [0.29, 0.717) is 12.8 Å². The highest BCUT2D eigenvalue weighted by Crippen LogP contribution is 2.29. The van der Waals surface area contributed by atoms with E-state index in [9.17, 15) is 18.0 Å². The van der Waals surface area contributed by atoms with Gasteiger partial charge in [0.2, 0.25) is 0 Å². The number of aliphatic carboxylic acids is 1. The molecule has 0 heterocycles. The van der Waals surface area contributed by atoms with Gasteiger partial charge in [-0.2, -0.15) is 13.2 Å². The largest absolute Gasteiger partial charge is 0.481 e. The number of carbonyl (C=O) groups is 1. The smallest absolute Gasteiger partial charge is 0.416 e. The fourth-order valence-electron chi connectivity index (χ4n) is 1.27. The van der Waals surface area contributed by atoms with E-state index in [0.717, 1.165) is 12.1 Å². The lowest BCUT2D eigenvalue weighted by molar-refractivity contribution is -0.138. The lowest BCUT2D eigenvalue weighted by Crippen LogP contribution is -2.04. The summed E-state index contributed by atoms with van der Waals surface area (Å²) in [6, 6.07) is 4.74. The number of halogens is 3. The van der Waals surface area contributed by atoms with Crippen LogP contribution in [-0.4, -0.2) is 11.1 Å². The normalized spacial score (nSPS) is 10.6. The second-order valence-electron chi connectivity index (χ2n) is 3.63. The van der Waals surface area contributed by atoms with Gasteiger partial charge in [0.05, 0.1) is 5.56 Å². The zero-order valence-corrected chi connectivity index (χ0v) is 9.42. The number of benzene rings is 1. The predicted octanol–water partition coefficient (Wildman–Crippen LogP) is 3.31. The first-order chi connectivity index (χ1) is 8.39. The minimum atomic E-state index is -4.37. The average Bonchev–Trinajstić information content (AvgIpc) is 2.27. The van der Waals surface area contributed by atoms with Crippen LogP contribution < -0.4 is 0 Å². The standard InChI is InChI=1S/C13H11F3O2/c14-13(15,16)11-7-4-6-10(9-11)5-2-1-3-8-12(17)18/h4,6-7,9H,1,3,8H2,(H,17,18). The Hall–Kier alpha value is -1.96. The monoisotopic (exact) mass is 256 g/mol. The maximum Gasteiger partial charge on any atom is 0.416 e. The van der Waals surface area contributed by atoms with Crippen LogP contribution in [0.4, 0.5) is 13.2 Å². The lowest BCUT2D eigenvalue weighted by atomic mass is 10.1. The Morgan fingerprint density at radius 3 is 2.67 bits per heavy atom. The quantitative estimate of drug-likeness (QED) is 0.665. The summed E-state index contributed by atoms with van der Waals surface area (Å²) in [5, 5.41) is 8.38. The number of alkyl halides is 3. The van der Waals surface area contributed by atoms with E-state index in [1.54, 1.807) is 0 Å². The van der Waals surface area contributed by atoms with Gasteiger partial charge in [0.15, 0.2) is 0 Å². The van der Waals surface area contributed by atoms with Crippen LogP contribution in [0, 0.1) is 11.8 Å². The molecule has 0 bridgehead atoms. The van der Waals surface area contributed by atoms with Gasteiger partial charge >= 0.3 is 12.1 Å². The van der Waals surface area contributed by atoms with Gasteiger partial charge in [0.25, 0.3) is 0 Å². The molecule has 1 aromatic carbocycles. The number of hydrogen-bond donors (Lipinski definition) is 1. The number of carboxylic acid groups (broad SMARTS) is 1. The molecule has 0 saturated carbocycles. The second-order valence-corrected chi connectivity index (χ2v) is 3.63. The molecule has 2 nitrogen and oxygen atoms in total. The van der Waals surface area contributed by atoms with Gasteiger partial charge in [-0.15, -0.1) is 0 Å². The van der Waals surface area contributed by atoms with E-state index >= 15 is 0 Å². The number of hydrogen-bond acceptors (Lipinski definition) is 1. The minimum Gasteiger partial charge on any atom is -0.481 e. The van der Waals surface area contributed by atoms with Crippen molar-refractivity contribution in [3.05, 3.63) is 35.4 Å². The van der Waals surface area contributed by atoms with Gasteiger partial charge in [0, 0.05) is 18.4 Å². The Bertz CT molecular complexity index is 481. The van der Waals surface area contributed by atoms with Gasteiger partial charge in [-0.05, 0) is 24.6 Å². The number of carboxylic acids is 1. The van der Waals surface area contributed by atoms with E-state index in [2.05, 4.69) is 11.8 Å². The van der Waals surface area contributed by atoms with E-state index in [1.165, 1.54) is 12.1 Å². The average molecular weight is 256 g/mol. The lowest BCUT2D eigenvalue weighted by Gasteiger charge is -2.05. The van der Waals surface area contributed by atoms with Crippen molar-refractivity contribution in [1.29, 1.82) is 0 Å². The molecule has 0 spiro atoms. The molecule has 0 aromatic heterocycles. The second kappa shape index (κ2) is 6.10. The molecule has 1 rings (SSSR count). The highest BCUT2D eigenvalue weighted by Gasteiger charge is 2.30. The van der Waals surface area contributed by atoms with Crippen LogP contribution >= 0.6 is 0 Å². The van der Waals surface area contributed by atoms with Crippen LogP contribution in [0.3, 0.4) is 0 Å². The summed E-state index contributed by atoms with van der Waals surface area (Å²) in [4.78, 5) is 10.2. The summed E-state index contributed by atoms with van der Waals surface area (Å²) >= 11 is 0. The molecule has 0 aliphatic carbocycles. The van der Waals surface area contributed by atoms with E-state index in [4.69, 9.17) is 5.11 Å². The number of unbranched alkanes of at least 4 members (excludes halogenated alkanes) is 1. The maximum atomic E-state index is 12.4. The highest BCUT2D eigenvalue weighted by atomic mass is 19.4. The summed E-state index contributed by atoms with van der Waals surface area (Å²) in [6.45, 7) is 0. The molecule has 1 N–H and O–H groups in total. The van der Waals surface area contributed by atoms with Gasteiger partial charge in [-0.25, -0.2) is 0 Å². The predicted molar refractivity (Wildman–Crippen MR) is 59.8 cm³/mol. The first-order valence-electron chi connectivity index (χ1n) is 5.27. The molecular formula is C13H11F3O2. The summed E-state index contributed by atoms with van der Waals surface area (Å²) in [7, 11) is 0. The first-order valence-corrected chi connectivity index (χ1v) is 5.27. The first kappa shape index (κ1) is 14.1. The minimum absolute atomic E-state index is 0.0112. The van der Waals surface area contributed by atoms with Crippen molar-refractivity contribution < 1.29 is 23.1 Å². The van der Waals surface area contributed by atoms with Gasteiger partial charge in [0.1, 0.15) is 0 Å². The fourth-order valence-corrected chi connectivity index (χ4v) is 1.27. The van der Waals surface area contributed by atoms with Crippen LogP contribution in [0.2, 0.25) is 0 Å². The van der Waals surface area contributed by atoms with Gasteiger partial charge in [-0.1, -0.05) is 17.9 Å². The molecule has 5 heteroatoms. The number of rotatable bonds is 3. The van der Waals surface area contributed by atoms with Crippen molar-refractivity contribution in [2.75, 3.05) is 0 Å². The van der Waals surface area contributed by atoms with Crippen molar-refractivity contribution in [1.82, 2.24) is 0 Å². The molecule has 0 unspecified atom stereocenters. The molecule has 0 radical (unpaired) electrons. The van der Waals surface area contributed by atoms with Crippen molar-refractivity contribution in [2.45, 2.75) is 25.4 Å². The van der Waals surface area contributed by atoms with Crippen LogP contribution in [0.1, 0.15) is 30.4 Å². The molecule has 18 heavy (non-hydrogen) atoms. The van der Waals surface area contributed by atoms with Crippen molar-refractivity contribution in [3.63, 3.8) is 0 Å². The molecule has 0 fully saturated rings. The van der Waals surface area contributed by atoms with Crippen molar-refractivity contribution in [2.24, 2.45) is 0 Å². The Kier molecular flexibility index (Phi) is 4.78. The van der Waals surface area contributed by atoms with Gasteiger partial charge in [-0.3, -0.25) is 4.79 Å². The topological polar surface area (TPSA) is 37.3 Å². The Morgan fingerprint density at radius 2 is 2.06 bits per heavy atom. The molecular weight excluding hydrogens is 245 g/mol. The Balaban J connectivity index is 2.63. The summed E-state index contributed by atoms with van der Waals surface area (Å²) in [5.41, 5.74) is -0.458. The van der Waals surface area contributed by atoms with E-state index in [-0.39, 0.29) is 12.0 Å². The van der Waals surface area contributed by atoms with Crippen LogP contribution in [-0.2, 0) is 11.0 Å². The molecule has 0 atom stereocenters. The third kappa shape index (κ3) is 4.91. The zero-order chi connectivity index (χ0) is 13.6. The summed E-state index contributed by atoms with van der Waals surface area (Å²) in [6.07, 6.45) is -3.62.